The van der Waals surface area contributed by atoms with Crippen LogP contribution in [-0.4, -0.2) is 25.2 Å². The van der Waals surface area contributed by atoms with E-state index < -0.39 is 0 Å². The summed E-state index contributed by atoms with van der Waals surface area (Å²) in [5.74, 6) is 1.59. The molecule has 0 spiro atoms. The van der Waals surface area contributed by atoms with E-state index in [1.165, 1.54) is 0 Å². The molecule has 2 aromatic rings. The molecule has 20 heavy (non-hydrogen) atoms. The van der Waals surface area contributed by atoms with Crippen LogP contribution >= 0.6 is 0 Å². The fourth-order valence-electron chi connectivity index (χ4n) is 2.47. The van der Waals surface area contributed by atoms with Gasteiger partial charge in [-0.2, -0.15) is 0 Å². The van der Waals surface area contributed by atoms with Crippen LogP contribution in [0.4, 0.5) is 0 Å². The summed E-state index contributed by atoms with van der Waals surface area (Å²) in [6.07, 6.45) is 2.79. The van der Waals surface area contributed by atoms with Crippen LogP contribution in [0.3, 0.4) is 0 Å². The van der Waals surface area contributed by atoms with Crippen molar-refractivity contribution in [1.82, 2.24) is 10.3 Å². The molecule has 0 aliphatic carbocycles. The molecule has 0 saturated heterocycles. The first kappa shape index (κ1) is 12.9. The summed E-state index contributed by atoms with van der Waals surface area (Å²) < 4.78 is 11.2. The number of benzene rings is 1. The van der Waals surface area contributed by atoms with Crippen molar-refractivity contribution in [2.75, 3.05) is 20.3 Å². The third-order valence-electron chi connectivity index (χ3n) is 3.45. The molecular formula is C16H18N2O2. The number of nitrogens with zero attached hydrogens (tertiary/aromatic N) is 1. The molecule has 4 nitrogen and oxygen atoms in total. The molecule has 1 aliphatic rings. The third kappa shape index (κ3) is 2.47. The molecule has 0 radical (unpaired) electrons. The maximum Gasteiger partial charge on any atom is 0.218 e. The van der Waals surface area contributed by atoms with E-state index in [-0.39, 0.29) is 0 Å². The Kier molecular flexibility index (Phi) is 3.83. The molecule has 1 aromatic carbocycles. The molecule has 1 aromatic heterocycles. The second-order valence-electron chi connectivity index (χ2n) is 4.72. The number of rotatable bonds is 2. The minimum Gasteiger partial charge on any atom is -0.496 e. The lowest BCUT2D eigenvalue weighted by molar-refractivity contribution is 0.284. The van der Waals surface area contributed by atoms with Crippen molar-refractivity contribution in [2.24, 2.45) is 0 Å². The molecule has 2 heterocycles. The van der Waals surface area contributed by atoms with Crippen molar-refractivity contribution in [3.8, 4) is 22.8 Å². The molecule has 3 rings (SSSR count). The predicted molar refractivity (Wildman–Crippen MR) is 78.0 cm³/mol. The number of hydrogen-bond donors (Lipinski definition) is 1. The van der Waals surface area contributed by atoms with Gasteiger partial charge in [-0.1, -0.05) is 18.2 Å². The van der Waals surface area contributed by atoms with Gasteiger partial charge < -0.3 is 14.8 Å². The zero-order chi connectivity index (χ0) is 13.8. The normalized spacial score (nSPS) is 14.7. The van der Waals surface area contributed by atoms with Crippen molar-refractivity contribution in [2.45, 2.75) is 13.0 Å². The quantitative estimate of drug-likeness (QED) is 0.911. The molecule has 0 bridgehead atoms. The number of hydrogen-bond acceptors (Lipinski definition) is 4. The van der Waals surface area contributed by atoms with Crippen LogP contribution in [0.5, 0.6) is 11.6 Å². The first-order valence-electron chi connectivity index (χ1n) is 6.85. The first-order chi connectivity index (χ1) is 9.90. The van der Waals surface area contributed by atoms with Crippen molar-refractivity contribution >= 4 is 0 Å². The highest BCUT2D eigenvalue weighted by molar-refractivity contribution is 5.74. The molecule has 4 heteroatoms. The van der Waals surface area contributed by atoms with Gasteiger partial charge in [-0.3, -0.25) is 0 Å². The summed E-state index contributed by atoms with van der Waals surface area (Å²) in [6, 6.07) is 10.0. The summed E-state index contributed by atoms with van der Waals surface area (Å²) >= 11 is 0. The van der Waals surface area contributed by atoms with Crippen LogP contribution < -0.4 is 14.8 Å². The summed E-state index contributed by atoms with van der Waals surface area (Å²) in [5.41, 5.74) is 3.28. The molecule has 0 amide bonds. The average molecular weight is 270 g/mol. The van der Waals surface area contributed by atoms with Gasteiger partial charge in [0.25, 0.3) is 0 Å². The topological polar surface area (TPSA) is 43.4 Å². The van der Waals surface area contributed by atoms with E-state index in [0.29, 0.717) is 6.61 Å². The van der Waals surface area contributed by atoms with Crippen LogP contribution in [0.2, 0.25) is 0 Å². The molecule has 0 fully saturated rings. The minimum atomic E-state index is 0.697. The molecule has 104 valence electrons. The van der Waals surface area contributed by atoms with E-state index in [1.54, 1.807) is 13.3 Å². The molecule has 0 unspecified atom stereocenters. The van der Waals surface area contributed by atoms with Crippen LogP contribution in [0.1, 0.15) is 12.0 Å². The van der Waals surface area contributed by atoms with Gasteiger partial charge in [0.1, 0.15) is 5.75 Å². The number of nitrogens with one attached hydrogen (secondary N) is 1. The fourth-order valence-corrected chi connectivity index (χ4v) is 2.47. The highest BCUT2D eigenvalue weighted by Crippen LogP contribution is 2.35. The second-order valence-corrected chi connectivity index (χ2v) is 4.72. The fraction of sp³-hybridized carbons (Fsp3) is 0.312. The average Bonchev–Trinajstić information content (AvgIpc) is 2.47. The highest BCUT2D eigenvalue weighted by atomic mass is 16.5. The van der Waals surface area contributed by atoms with Gasteiger partial charge in [0.2, 0.25) is 5.88 Å². The lowest BCUT2D eigenvalue weighted by atomic mass is 10.00. The smallest absolute Gasteiger partial charge is 0.218 e. The molecule has 1 N–H and O–H groups in total. The third-order valence-corrected chi connectivity index (χ3v) is 3.45. The summed E-state index contributed by atoms with van der Waals surface area (Å²) in [6.45, 7) is 2.42. The highest BCUT2D eigenvalue weighted by Gasteiger charge is 2.16. The Morgan fingerprint density at radius 1 is 1.20 bits per heavy atom. The Morgan fingerprint density at radius 2 is 2.10 bits per heavy atom. The zero-order valence-electron chi connectivity index (χ0n) is 11.6. The Bertz CT molecular complexity index is 599. The SMILES string of the molecule is COc1ccccc1-c1ccnc2c1CNCCCO2. The van der Waals surface area contributed by atoms with Crippen molar-refractivity contribution < 1.29 is 9.47 Å². The summed E-state index contributed by atoms with van der Waals surface area (Å²) in [7, 11) is 1.69. The van der Waals surface area contributed by atoms with Gasteiger partial charge in [0.15, 0.2) is 0 Å². The number of methoxy groups -OCH3 is 1. The van der Waals surface area contributed by atoms with E-state index in [4.69, 9.17) is 9.47 Å². The maximum absolute atomic E-state index is 5.77. The van der Waals surface area contributed by atoms with Crippen LogP contribution in [-0.2, 0) is 6.54 Å². The Hall–Kier alpha value is -2.07. The van der Waals surface area contributed by atoms with E-state index in [2.05, 4.69) is 16.4 Å². The lowest BCUT2D eigenvalue weighted by Crippen LogP contribution is -2.21. The van der Waals surface area contributed by atoms with Gasteiger partial charge >= 0.3 is 0 Å². The van der Waals surface area contributed by atoms with Gasteiger partial charge in [-0.15, -0.1) is 0 Å². The molecule has 0 saturated carbocycles. The van der Waals surface area contributed by atoms with Gasteiger partial charge in [0, 0.05) is 23.9 Å². The number of ether oxygens (including phenoxy) is 2. The van der Waals surface area contributed by atoms with Crippen molar-refractivity contribution in [3.63, 3.8) is 0 Å². The predicted octanol–water partition coefficient (Wildman–Crippen LogP) is 2.63. The van der Waals surface area contributed by atoms with E-state index in [0.717, 1.165) is 47.8 Å². The largest absolute Gasteiger partial charge is 0.496 e. The van der Waals surface area contributed by atoms with Crippen molar-refractivity contribution in [1.29, 1.82) is 0 Å². The van der Waals surface area contributed by atoms with E-state index in [9.17, 15) is 0 Å². The van der Waals surface area contributed by atoms with Crippen LogP contribution in [0.25, 0.3) is 11.1 Å². The Labute approximate surface area is 118 Å². The lowest BCUT2D eigenvalue weighted by Gasteiger charge is -2.19. The number of para-hydroxylation sites is 1. The summed E-state index contributed by atoms with van der Waals surface area (Å²) in [5, 5.41) is 3.43. The molecule has 0 atom stereocenters. The maximum atomic E-state index is 5.77. The summed E-state index contributed by atoms with van der Waals surface area (Å²) in [4.78, 5) is 4.36. The van der Waals surface area contributed by atoms with Gasteiger partial charge in [-0.25, -0.2) is 4.98 Å². The number of fused-ring (bicyclic) bond motifs is 1. The second kappa shape index (κ2) is 5.92. The van der Waals surface area contributed by atoms with Crippen LogP contribution in [0.15, 0.2) is 36.5 Å². The standard InChI is InChI=1S/C16H18N2O2/c1-19-15-6-3-2-5-13(15)12-7-9-18-16-14(12)11-17-8-4-10-20-16/h2-3,5-7,9,17H,4,8,10-11H2,1H3. The molecule has 1 aliphatic heterocycles. The monoisotopic (exact) mass is 270 g/mol. The Morgan fingerprint density at radius 3 is 3.00 bits per heavy atom. The van der Waals surface area contributed by atoms with E-state index >= 15 is 0 Å². The zero-order valence-corrected chi connectivity index (χ0v) is 11.6. The van der Waals surface area contributed by atoms with Crippen molar-refractivity contribution in [3.05, 3.63) is 42.1 Å². The van der Waals surface area contributed by atoms with Gasteiger partial charge in [-0.05, 0) is 30.7 Å². The number of pyridine rings is 1. The first-order valence-corrected chi connectivity index (χ1v) is 6.85. The minimum absolute atomic E-state index is 0.697. The Balaban J connectivity index is 2.11. The van der Waals surface area contributed by atoms with Crippen LogP contribution in [0, 0.1) is 0 Å². The van der Waals surface area contributed by atoms with Gasteiger partial charge in [0.05, 0.1) is 13.7 Å². The van der Waals surface area contributed by atoms with E-state index in [1.807, 2.05) is 24.3 Å². The molecular weight excluding hydrogens is 252 g/mol. The number of aromatic nitrogens is 1.